The number of sulfonamides is 1. The van der Waals surface area contributed by atoms with E-state index in [0.29, 0.717) is 38.2 Å². The molecule has 2 aliphatic rings. The van der Waals surface area contributed by atoms with Gasteiger partial charge in [-0.15, -0.1) is 0 Å². The zero-order valence-corrected chi connectivity index (χ0v) is 17.8. The van der Waals surface area contributed by atoms with Gasteiger partial charge in [-0.2, -0.15) is 0 Å². The predicted octanol–water partition coefficient (Wildman–Crippen LogP) is 2.23. The molecule has 1 saturated heterocycles. The first-order valence-corrected chi connectivity index (χ1v) is 11.5. The number of benzene rings is 1. The fourth-order valence-corrected chi connectivity index (χ4v) is 4.64. The Morgan fingerprint density at radius 1 is 1.11 bits per heavy atom. The lowest BCUT2D eigenvalue weighted by atomic mass is 9.94. The van der Waals surface area contributed by atoms with E-state index in [4.69, 9.17) is 0 Å². The van der Waals surface area contributed by atoms with Gasteiger partial charge in [0.2, 0.25) is 21.8 Å². The lowest BCUT2D eigenvalue weighted by Gasteiger charge is -2.29. The van der Waals surface area contributed by atoms with E-state index in [2.05, 4.69) is 5.32 Å². The number of nitrogens with zero attached hydrogens (tertiary/aromatic N) is 2. The van der Waals surface area contributed by atoms with Gasteiger partial charge in [-0.3, -0.25) is 9.59 Å². The number of anilines is 2. The first kappa shape index (κ1) is 20.8. The van der Waals surface area contributed by atoms with Crippen molar-refractivity contribution in [3.63, 3.8) is 0 Å². The number of fused-ring (bicyclic) bond motifs is 1. The summed E-state index contributed by atoms with van der Waals surface area (Å²) in [5.74, 6) is -0.235. The van der Waals surface area contributed by atoms with Crippen LogP contribution in [0.2, 0.25) is 0 Å². The Kier molecular flexibility index (Phi) is 5.55. The van der Waals surface area contributed by atoms with Crippen molar-refractivity contribution in [3.05, 3.63) is 23.8 Å². The molecule has 7 nitrogen and oxygen atoms in total. The lowest BCUT2D eigenvalue weighted by Crippen LogP contribution is -2.41. The third-order valence-electron chi connectivity index (χ3n) is 5.43. The number of piperidine rings is 1. The molecule has 154 valence electrons. The van der Waals surface area contributed by atoms with Crippen molar-refractivity contribution in [1.29, 1.82) is 0 Å². The Balaban J connectivity index is 1.68. The molecule has 0 atom stereocenters. The Morgan fingerprint density at radius 3 is 2.32 bits per heavy atom. The van der Waals surface area contributed by atoms with E-state index in [1.807, 2.05) is 39.0 Å². The van der Waals surface area contributed by atoms with Crippen molar-refractivity contribution in [1.82, 2.24) is 4.31 Å². The van der Waals surface area contributed by atoms with E-state index in [0.717, 1.165) is 17.7 Å². The molecule has 2 heterocycles. The Morgan fingerprint density at radius 2 is 1.75 bits per heavy atom. The van der Waals surface area contributed by atoms with Crippen LogP contribution >= 0.6 is 0 Å². The summed E-state index contributed by atoms with van der Waals surface area (Å²) >= 11 is 0. The monoisotopic (exact) mass is 407 g/mol. The van der Waals surface area contributed by atoms with Gasteiger partial charge in [0.1, 0.15) is 0 Å². The summed E-state index contributed by atoms with van der Waals surface area (Å²) in [6, 6.07) is 5.70. The van der Waals surface area contributed by atoms with Crippen molar-refractivity contribution in [3.8, 4) is 0 Å². The summed E-state index contributed by atoms with van der Waals surface area (Å²) in [7, 11) is -3.20. The average molecular weight is 408 g/mol. The topological polar surface area (TPSA) is 86.8 Å². The van der Waals surface area contributed by atoms with Gasteiger partial charge in [0.25, 0.3) is 0 Å². The molecule has 1 N–H and O–H groups in total. The molecule has 0 unspecified atom stereocenters. The molecule has 1 fully saturated rings. The van der Waals surface area contributed by atoms with Crippen LogP contribution in [-0.2, 0) is 26.0 Å². The highest BCUT2D eigenvalue weighted by Gasteiger charge is 2.33. The van der Waals surface area contributed by atoms with Gasteiger partial charge < -0.3 is 10.2 Å². The molecule has 0 spiro atoms. The second kappa shape index (κ2) is 7.48. The molecular formula is C20H29N3O4S. The van der Waals surface area contributed by atoms with Gasteiger partial charge in [0, 0.05) is 42.3 Å². The average Bonchev–Trinajstić information content (AvgIpc) is 3.02. The number of nitrogens with one attached hydrogen (secondary N) is 1. The van der Waals surface area contributed by atoms with Crippen LogP contribution in [0.4, 0.5) is 11.4 Å². The molecule has 0 bridgehead atoms. The first-order valence-electron chi connectivity index (χ1n) is 9.68. The zero-order valence-electron chi connectivity index (χ0n) is 17.0. The number of hydrogen-bond donors (Lipinski definition) is 1. The lowest BCUT2D eigenvalue weighted by molar-refractivity contribution is -0.125. The second-order valence-corrected chi connectivity index (χ2v) is 10.7. The van der Waals surface area contributed by atoms with Crippen molar-refractivity contribution in [2.24, 2.45) is 11.3 Å². The Labute approximate surface area is 167 Å². The van der Waals surface area contributed by atoms with Crippen LogP contribution in [0.15, 0.2) is 18.2 Å². The van der Waals surface area contributed by atoms with Crippen LogP contribution in [0.3, 0.4) is 0 Å². The maximum atomic E-state index is 12.7. The minimum atomic E-state index is -3.20. The summed E-state index contributed by atoms with van der Waals surface area (Å²) < 4.78 is 24.6. The van der Waals surface area contributed by atoms with E-state index < -0.39 is 15.4 Å². The van der Waals surface area contributed by atoms with E-state index in [1.165, 1.54) is 10.6 Å². The SMILES string of the molecule is CC(C)(C)C(=O)N1CCc2ccc(NC(=O)C3CCN(S(C)(=O)=O)CC3)cc21. The largest absolute Gasteiger partial charge is 0.326 e. The molecule has 0 aromatic heterocycles. The van der Waals surface area contributed by atoms with Crippen LogP contribution in [0, 0.1) is 11.3 Å². The number of carbonyl (C=O) groups excluding carboxylic acids is 2. The van der Waals surface area contributed by atoms with Gasteiger partial charge >= 0.3 is 0 Å². The molecule has 2 amide bonds. The fraction of sp³-hybridized carbons (Fsp3) is 0.600. The molecule has 2 aliphatic heterocycles. The maximum Gasteiger partial charge on any atom is 0.232 e. The van der Waals surface area contributed by atoms with Crippen molar-refractivity contribution in [2.75, 3.05) is 36.1 Å². The molecular weight excluding hydrogens is 378 g/mol. The van der Waals surface area contributed by atoms with E-state index >= 15 is 0 Å². The zero-order chi connectivity index (χ0) is 20.7. The number of carbonyl (C=O) groups is 2. The normalized spacial score (nSPS) is 18.8. The van der Waals surface area contributed by atoms with Crippen molar-refractivity contribution < 1.29 is 18.0 Å². The van der Waals surface area contributed by atoms with Gasteiger partial charge in [-0.25, -0.2) is 12.7 Å². The number of hydrogen-bond acceptors (Lipinski definition) is 4. The molecule has 0 radical (unpaired) electrons. The molecule has 28 heavy (non-hydrogen) atoms. The Hall–Kier alpha value is -1.93. The second-order valence-electron chi connectivity index (χ2n) is 8.73. The first-order chi connectivity index (χ1) is 13.0. The van der Waals surface area contributed by atoms with Crippen molar-refractivity contribution in [2.45, 2.75) is 40.0 Å². The van der Waals surface area contributed by atoms with Crippen LogP contribution < -0.4 is 10.2 Å². The summed E-state index contributed by atoms with van der Waals surface area (Å²) in [5.41, 5.74) is 2.18. The maximum absolute atomic E-state index is 12.7. The number of rotatable bonds is 3. The summed E-state index contributed by atoms with van der Waals surface area (Å²) in [5, 5.41) is 2.95. The Bertz CT molecular complexity index is 881. The predicted molar refractivity (Wildman–Crippen MR) is 110 cm³/mol. The molecule has 1 aromatic carbocycles. The van der Waals surface area contributed by atoms with Gasteiger partial charge in [0.15, 0.2) is 0 Å². The van der Waals surface area contributed by atoms with E-state index in [9.17, 15) is 18.0 Å². The van der Waals surface area contributed by atoms with Crippen molar-refractivity contribution >= 4 is 33.2 Å². The standard InChI is InChI=1S/C20H29N3O4S/c1-20(2,3)19(25)23-12-9-14-5-6-16(13-17(14)23)21-18(24)15-7-10-22(11-8-15)28(4,26)27/h5-6,13,15H,7-12H2,1-4H3,(H,21,24). The summed E-state index contributed by atoms with van der Waals surface area (Å²) in [6.45, 7) is 7.11. The van der Waals surface area contributed by atoms with Gasteiger partial charge in [0.05, 0.1) is 6.26 Å². The minimum absolute atomic E-state index is 0.0721. The van der Waals surface area contributed by atoms with E-state index in [-0.39, 0.29) is 17.7 Å². The fourth-order valence-electron chi connectivity index (χ4n) is 3.77. The smallest absolute Gasteiger partial charge is 0.232 e. The molecule has 0 saturated carbocycles. The number of amides is 2. The molecule has 0 aliphatic carbocycles. The van der Waals surface area contributed by atoms with Crippen LogP contribution in [-0.4, -0.2) is 50.4 Å². The summed E-state index contributed by atoms with van der Waals surface area (Å²) in [4.78, 5) is 27.1. The highest BCUT2D eigenvalue weighted by atomic mass is 32.2. The third kappa shape index (κ3) is 4.38. The molecule has 3 rings (SSSR count). The minimum Gasteiger partial charge on any atom is -0.326 e. The third-order valence-corrected chi connectivity index (χ3v) is 6.73. The van der Waals surface area contributed by atoms with Crippen LogP contribution in [0.25, 0.3) is 0 Å². The molecule has 8 heteroatoms. The van der Waals surface area contributed by atoms with Gasteiger partial charge in [-0.1, -0.05) is 26.8 Å². The van der Waals surface area contributed by atoms with E-state index in [1.54, 1.807) is 4.90 Å². The summed E-state index contributed by atoms with van der Waals surface area (Å²) in [6.07, 6.45) is 3.04. The quantitative estimate of drug-likeness (QED) is 0.832. The van der Waals surface area contributed by atoms with Crippen LogP contribution in [0.1, 0.15) is 39.2 Å². The highest BCUT2D eigenvalue weighted by Crippen LogP contribution is 2.34. The molecule has 1 aromatic rings. The van der Waals surface area contributed by atoms with Gasteiger partial charge in [-0.05, 0) is 37.0 Å². The highest BCUT2D eigenvalue weighted by molar-refractivity contribution is 7.88. The van der Waals surface area contributed by atoms with Crippen LogP contribution in [0.5, 0.6) is 0 Å².